The molecule has 3 aromatic heterocycles. The van der Waals surface area contributed by atoms with Crippen molar-refractivity contribution in [1.29, 1.82) is 0 Å². The molecule has 1 N–H and O–H groups in total. The first-order chi connectivity index (χ1) is 13.1. The quantitative estimate of drug-likeness (QED) is 0.724. The maximum absolute atomic E-state index is 12.6. The molecular weight excluding hydrogens is 342 g/mol. The molecule has 0 saturated heterocycles. The number of aryl methyl sites for hydroxylation is 1. The topological polar surface area (TPSA) is 89.9 Å². The lowest BCUT2D eigenvalue weighted by molar-refractivity contribution is 0.0935. The van der Waals surface area contributed by atoms with E-state index in [2.05, 4.69) is 25.3 Å². The highest BCUT2D eigenvalue weighted by atomic mass is 16.5. The molecular formula is C20H21N5O2. The number of rotatable bonds is 6. The minimum Gasteiger partial charge on any atom is -0.477 e. The number of nitrogens with zero attached hydrogens (tertiary/aromatic N) is 4. The first-order valence-corrected chi connectivity index (χ1v) is 8.72. The van der Waals surface area contributed by atoms with Crippen molar-refractivity contribution < 1.29 is 9.53 Å². The summed E-state index contributed by atoms with van der Waals surface area (Å²) in [6.07, 6.45) is 6.75. The van der Waals surface area contributed by atoms with Crippen LogP contribution in [-0.2, 0) is 0 Å². The molecule has 0 aromatic carbocycles. The van der Waals surface area contributed by atoms with E-state index in [1.807, 2.05) is 32.9 Å². The second kappa shape index (κ2) is 8.35. The maximum atomic E-state index is 12.6. The normalized spacial score (nSPS) is 11.7. The van der Waals surface area contributed by atoms with Crippen LogP contribution in [0, 0.1) is 6.92 Å². The van der Waals surface area contributed by atoms with E-state index in [9.17, 15) is 4.79 Å². The average Bonchev–Trinajstić information content (AvgIpc) is 2.69. The van der Waals surface area contributed by atoms with Crippen molar-refractivity contribution in [2.24, 2.45) is 0 Å². The minimum atomic E-state index is -0.265. The Labute approximate surface area is 157 Å². The van der Waals surface area contributed by atoms with Crippen LogP contribution in [0.2, 0.25) is 0 Å². The summed E-state index contributed by atoms with van der Waals surface area (Å²) in [5.41, 5.74) is 2.95. The minimum absolute atomic E-state index is 0.253. The summed E-state index contributed by atoms with van der Waals surface area (Å²) in [4.78, 5) is 29.8. The van der Waals surface area contributed by atoms with E-state index < -0.39 is 0 Å². The largest absolute Gasteiger partial charge is 0.477 e. The number of pyridine rings is 2. The van der Waals surface area contributed by atoms with Crippen LogP contribution in [0.25, 0.3) is 11.4 Å². The van der Waals surface area contributed by atoms with Crippen molar-refractivity contribution in [3.05, 3.63) is 65.9 Å². The summed E-state index contributed by atoms with van der Waals surface area (Å²) in [5, 5.41) is 2.96. The van der Waals surface area contributed by atoms with Gasteiger partial charge in [-0.1, -0.05) is 0 Å². The highest BCUT2D eigenvalue weighted by Crippen LogP contribution is 2.21. The first kappa shape index (κ1) is 18.4. The summed E-state index contributed by atoms with van der Waals surface area (Å²) in [7, 11) is 0. The maximum Gasteiger partial charge on any atom is 0.257 e. The monoisotopic (exact) mass is 363 g/mol. The number of ether oxygens (including phenoxy) is 1. The fourth-order valence-corrected chi connectivity index (χ4v) is 2.71. The summed E-state index contributed by atoms with van der Waals surface area (Å²) in [6, 6.07) is 6.85. The highest BCUT2D eigenvalue weighted by molar-refractivity contribution is 5.96. The Morgan fingerprint density at radius 2 is 1.96 bits per heavy atom. The van der Waals surface area contributed by atoms with Gasteiger partial charge in [-0.05, 0) is 45.0 Å². The highest BCUT2D eigenvalue weighted by Gasteiger charge is 2.18. The zero-order valence-corrected chi connectivity index (χ0v) is 15.5. The lowest BCUT2D eigenvalue weighted by Crippen LogP contribution is -2.28. The third kappa shape index (κ3) is 4.25. The van der Waals surface area contributed by atoms with Gasteiger partial charge >= 0.3 is 0 Å². The van der Waals surface area contributed by atoms with Gasteiger partial charge in [-0.2, -0.15) is 0 Å². The molecule has 1 amide bonds. The molecule has 1 atom stereocenters. The van der Waals surface area contributed by atoms with Crippen molar-refractivity contribution in [1.82, 2.24) is 25.3 Å². The van der Waals surface area contributed by atoms with Gasteiger partial charge in [-0.25, -0.2) is 15.0 Å². The third-order valence-corrected chi connectivity index (χ3v) is 4.07. The Morgan fingerprint density at radius 3 is 2.67 bits per heavy atom. The number of carbonyl (C=O) groups is 1. The Balaban J connectivity index is 1.78. The molecule has 0 radical (unpaired) electrons. The number of aromatic nitrogens is 4. The summed E-state index contributed by atoms with van der Waals surface area (Å²) in [5.74, 6) is 0.699. The predicted octanol–water partition coefficient (Wildman–Crippen LogP) is 3.13. The predicted molar refractivity (Wildman–Crippen MR) is 101 cm³/mol. The average molecular weight is 363 g/mol. The van der Waals surface area contributed by atoms with E-state index in [0.29, 0.717) is 23.9 Å². The number of carbonyl (C=O) groups excluding carboxylic acids is 1. The van der Waals surface area contributed by atoms with Crippen molar-refractivity contribution in [3.63, 3.8) is 0 Å². The first-order valence-electron chi connectivity index (χ1n) is 8.72. The second-order valence-corrected chi connectivity index (χ2v) is 5.95. The molecule has 27 heavy (non-hydrogen) atoms. The lowest BCUT2D eigenvalue weighted by Gasteiger charge is -2.17. The summed E-state index contributed by atoms with van der Waals surface area (Å²) < 4.78 is 5.43. The van der Waals surface area contributed by atoms with Gasteiger partial charge in [-0.15, -0.1) is 0 Å². The van der Waals surface area contributed by atoms with E-state index in [1.165, 1.54) is 0 Å². The molecule has 3 rings (SSSR count). The van der Waals surface area contributed by atoms with Gasteiger partial charge in [-0.3, -0.25) is 9.78 Å². The zero-order chi connectivity index (χ0) is 19.2. The van der Waals surface area contributed by atoms with Crippen LogP contribution >= 0.6 is 0 Å². The third-order valence-electron chi connectivity index (χ3n) is 4.07. The Bertz CT molecular complexity index is 931. The molecule has 0 aliphatic rings. The van der Waals surface area contributed by atoms with Crippen LogP contribution in [0.3, 0.4) is 0 Å². The summed E-state index contributed by atoms with van der Waals surface area (Å²) >= 11 is 0. The molecule has 138 valence electrons. The second-order valence-electron chi connectivity index (χ2n) is 5.95. The van der Waals surface area contributed by atoms with E-state index in [4.69, 9.17) is 4.74 Å². The summed E-state index contributed by atoms with van der Waals surface area (Å²) in [6.45, 7) is 6.09. The Morgan fingerprint density at radius 1 is 1.19 bits per heavy atom. The van der Waals surface area contributed by atoms with Crippen LogP contribution in [0.15, 0.2) is 49.1 Å². The van der Waals surface area contributed by atoms with Crippen molar-refractivity contribution in [2.75, 3.05) is 6.61 Å². The van der Waals surface area contributed by atoms with E-state index >= 15 is 0 Å². The molecule has 3 heterocycles. The Hall–Kier alpha value is -3.35. The van der Waals surface area contributed by atoms with Crippen molar-refractivity contribution >= 4 is 5.91 Å². The number of amides is 1. The molecule has 0 saturated carbocycles. The standard InChI is InChI=1S/C20H21N5O2/c1-4-27-20-16(6-5-9-22-20)19(26)25-14(3)17-12-23-18(24-13(17)2)15-7-10-21-11-8-15/h5-12,14H,4H2,1-3H3,(H,25,26). The van der Waals surface area contributed by atoms with Crippen molar-refractivity contribution in [2.45, 2.75) is 26.8 Å². The lowest BCUT2D eigenvalue weighted by atomic mass is 10.1. The van der Waals surface area contributed by atoms with Gasteiger partial charge in [0.2, 0.25) is 5.88 Å². The van der Waals surface area contributed by atoms with Crippen LogP contribution in [0.4, 0.5) is 0 Å². The molecule has 0 spiro atoms. The molecule has 0 aliphatic carbocycles. The Kier molecular flexibility index (Phi) is 5.71. The van der Waals surface area contributed by atoms with E-state index in [0.717, 1.165) is 16.8 Å². The van der Waals surface area contributed by atoms with Gasteiger partial charge in [0.1, 0.15) is 5.56 Å². The number of hydrogen-bond acceptors (Lipinski definition) is 6. The van der Waals surface area contributed by atoms with Crippen LogP contribution in [-0.4, -0.2) is 32.4 Å². The SMILES string of the molecule is CCOc1ncccc1C(=O)NC(C)c1cnc(-c2ccncc2)nc1C. The molecule has 0 bridgehead atoms. The molecule has 0 fully saturated rings. The van der Waals surface area contributed by atoms with Crippen molar-refractivity contribution in [3.8, 4) is 17.3 Å². The van der Waals surface area contributed by atoms with Crippen LogP contribution in [0.1, 0.15) is 41.5 Å². The van der Waals surface area contributed by atoms with Gasteiger partial charge in [0, 0.05) is 41.6 Å². The van der Waals surface area contributed by atoms with Crippen LogP contribution in [0.5, 0.6) is 5.88 Å². The van der Waals surface area contributed by atoms with Crippen LogP contribution < -0.4 is 10.1 Å². The number of hydrogen-bond donors (Lipinski definition) is 1. The molecule has 7 nitrogen and oxygen atoms in total. The molecule has 3 aromatic rings. The fraction of sp³-hybridized carbons (Fsp3) is 0.250. The molecule has 1 unspecified atom stereocenters. The number of nitrogens with one attached hydrogen (secondary N) is 1. The fourth-order valence-electron chi connectivity index (χ4n) is 2.71. The smallest absolute Gasteiger partial charge is 0.257 e. The molecule has 0 aliphatic heterocycles. The van der Waals surface area contributed by atoms with Gasteiger partial charge in [0.05, 0.1) is 12.6 Å². The van der Waals surface area contributed by atoms with E-state index in [-0.39, 0.29) is 11.9 Å². The molecule has 7 heteroatoms. The zero-order valence-electron chi connectivity index (χ0n) is 15.5. The van der Waals surface area contributed by atoms with Gasteiger partial charge < -0.3 is 10.1 Å². The van der Waals surface area contributed by atoms with E-state index in [1.54, 1.807) is 36.9 Å². The van der Waals surface area contributed by atoms with Gasteiger partial charge in [0.15, 0.2) is 5.82 Å². The van der Waals surface area contributed by atoms with Gasteiger partial charge in [0.25, 0.3) is 5.91 Å².